The molecule has 3 aromatic rings. The molecule has 2 amide bonds. The number of rotatable bonds is 7. The Hall–Kier alpha value is -3.70. The first kappa shape index (κ1) is 26.9. The zero-order chi connectivity index (χ0) is 27.9. The van der Waals surface area contributed by atoms with Crippen LogP contribution in [0, 0.1) is 12.8 Å². The number of fused-ring (bicyclic) bond motifs is 1. The number of halogens is 4. The van der Waals surface area contributed by atoms with Crippen LogP contribution in [0.15, 0.2) is 24.5 Å². The predicted octanol–water partition coefficient (Wildman–Crippen LogP) is 4.82. The summed E-state index contributed by atoms with van der Waals surface area (Å²) in [4.78, 5) is 38.2. The van der Waals surface area contributed by atoms with Crippen molar-refractivity contribution in [3.05, 3.63) is 41.3 Å². The summed E-state index contributed by atoms with van der Waals surface area (Å²) in [5, 5.41) is 2.72. The minimum absolute atomic E-state index is 0.101. The number of benzene rings is 1. The van der Waals surface area contributed by atoms with Crippen LogP contribution in [0.25, 0.3) is 22.3 Å². The highest BCUT2D eigenvalue weighted by atomic mass is 19.4. The summed E-state index contributed by atoms with van der Waals surface area (Å²) in [7, 11) is 0. The zero-order valence-electron chi connectivity index (χ0n) is 21.6. The van der Waals surface area contributed by atoms with E-state index in [2.05, 4.69) is 20.3 Å². The van der Waals surface area contributed by atoms with Gasteiger partial charge in [0.1, 0.15) is 29.5 Å². The molecule has 208 valence electrons. The van der Waals surface area contributed by atoms with E-state index in [0.717, 1.165) is 25.0 Å². The third-order valence-corrected chi connectivity index (χ3v) is 7.25. The SMILES string of the molecule is CCC(=O)N1CC[C@H](NC(=O)c2c(C)[nH]c3c(-c4cc(C(F)(F)F)ccc4OCC4CC4)ncnc23)[C@@H](F)C1. The Labute approximate surface area is 222 Å². The number of aromatic nitrogens is 3. The average molecular weight is 548 g/mol. The molecule has 0 radical (unpaired) electrons. The molecule has 1 aromatic carbocycles. The second-order valence-electron chi connectivity index (χ2n) is 10.1. The van der Waals surface area contributed by atoms with E-state index in [0.29, 0.717) is 24.8 Å². The van der Waals surface area contributed by atoms with Crippen LogP contribution in [-0.2, 0) is 11.0 Å². The number of nitrogens with zero attached hydrogens (tertiary/aromatic N) is 3. The number of nitrogens with one attached hydrogen (secondary N) is 2. The fourth-order valence-corrected chi connectivity index (χ4v) is 4.87. The van der Waals surface area contributed by atoms with Crippen molar-refractivity contribution < 1.29 is 31.9 Å². The van der Waals surface area contributed by atoms with Crippen molar-refractivity contribution in [2.75, 3.05) is 19.7 Å². The maximum Gasteiger partial charge on any atom is 0.416 e. The number of H-pyrrole nitrogens is 1. The van der Waals surface area contributed by atoms with E-state index in [9.17, 15) is 27.2 Å². The molecule has 2 fully saturated rings. The van der Waals surface area contributed by atoms with Crippen LogP contribution in [-0.4, -0.2) is 63.6 Å². The van der Waals surface area contributed by atoms with Gasteiger partial charge < -0.3 is 19.9 Å². The number of likely N-dealkylation sites (tertiary alicyclic amines) is 1. The Balaban J connectivity index is 1.47. The van der Waals surface area contributed by atoms with Gasteiger partial charge in [0.05, 0.1) is 35.8 Å². The van der Waals surface area contributed by atoms with Crippen LogP contribution >= 0.6 is 0 Å². The fraction of sp³-hybridized carbons (Fsp3) is 0.481. The Morgan fingerprint density at radius 3 is 2.64 bits per heavy atom. The largest absolute Gasteiger partial charge is 0.493 e. The first-order valence-corrected chi connectivity index (χ1v) is 13.0. The average Bonchev–Trinajstić information content (AvgIpc) is 3.67. The predicted molar refractivity (Wildman–Crippen MR) is 135 cm³/mol. The second kappa shape index (κ2) is 10.5. The number of alkyl halides is 4. The fourth-order valence-electron chi connectivity index (χ4n) is 4.87. The monoisotopic (exact) mass is 547 g/mol. The van der Waals surface area contributed by atoms with Gasteiger partial charge in [0.25, 0.3) is 5.91 Å². The molecule has 0 bridgehead atoms. The molecule has 2 N–H and O–H groups in total. The van der Waals surface area contributed by atoms with Crippen LogP contribution in [0.5, 0.6) is 5.75 Å². The summed E-state index contributed by atoms with van der Waals surface area (Å²) in [6.07, 6.45) is -2.28. The van der Waals surface area contributed by atoms with Gasteiger partial charge in [0.15, 0.2) is 0 Å². The third kappa shape index (κ3) is 5.55. The van der Waals surface area contributed by atoms with Gasteiger partial charge in [0.2, 0.25) is 5.91 Å². The number of carbonyl (C=O) groups is 2. The molecule has 1 aliphatic heterocycles. The lowest BCUT2D eigenvalue weighted by atomic mass is 10.0. The molecule has 12 heteroatoms. The van der Waals surface area contributed by atoms with E-state index < -0.39 is 29.9 Å². The van der Waals surface area contributed by atoms with Gasteiger partial charge in [-0.15, -0.1) is 0 Å². The van der Waals surface area contributed by atoms with Crippen LogP contribution in [0.1, 0.15) is 54.2 Å². The van der Waals surface area contributed by atoms with Crippen molar-refractivity contribution in [2.45, 2.75) is 57.9 Å². The quantitative estimate of drug-likeness (QED) is 0.413. The highest BCUT2D eigenvalue weighted by molar-refractivity contribution is 6.09. The second-order valence-corrected chi connectivity index (χ2v) is 10.1. The number of ether oxygens (including phenoxy) is 1. The zero-order valence-corrected chi connectivity index (χ0v) is 21.6. The molecule has 1 aliphatic carbocycles. The maximum absolute atomic E-state index is 14.9. The van der Waals surface area contributed by atoms with Gasteiger partial charge in [-0.2, -0.15) is 13.2 Å². The number of hydrogen-bond donors (Lipinski definition) is 2. The molecule has 8 nitrogen and oxygen atoms in total. The van der Waals surface area contributed by atoms with Crippen molar-refractivity contribution in [2.24, 2.45) is 5.92 Å². The number of hydrogen-bond acceptors (Lipinski definition) is 5. The Morgan fingerprint density at radius 2 is 1.97 bits per heavy atom. The van der Waals surface area contributed by atoms with E-state index in [1.54, 1.807) is 13.8 Å². The molecular formula is C27H29F4N5O3. The smallest absolute Gasteiger partial charge is 0.416 e. The Bertz CT molecular complexity index is 1400. The minimum atomic E-state index is -4.58. The third-order valence-electron chi connectivity index (χ3n) is 7.25. The molecule has 2 aliphatic rings. The minimum Gasteiger partial charge on any atom is -0.493 e. The summed E-state index contributed by atoms with van der Waals surface area (Å²) >= 11 is 0. The van der Waals surface area contributed by atoms with E-state index in [-0.39, 0.29) is 58.9 Å². The number of carbonyl (C=O) groups excluding carboxylic acids is 2. The molecule has 5 rings (SSSR count). The highest BCUT2D eigenvalue weighted by Gasteiger charge is 2.34. The van der Waals surface area contributed by atoms with Crippen LogP contribution in [0.4, 0.5) is 17.6 Å². The molecule has 2 aromatic heterocycles. The van der Waals surface area contributed by atoms with Gasteiger partial charge in [-0.25, -0.2) is 14.4 Å². The van der Waals surface area contributed by atoms with Crippen molar-refractivity contribution >= 4 is 22.8 Å². The van der Waals surface area contributed by atoms with E-state index in [1.165, 1.54) is 17.3 Å². The molecule has 3 heterocycles. The van der Waals surface area contributed by atoms with E-state index in [1.807, 2.05) is 0 Å². The van der Waals surface area contributed by atoms with Crippen molar-refractivity contribution in [1.82, 2.24) is 25.2 Å². The Morgan fingerprint density at radius 1 is 1.21 bits per heavy atom. The molecule has 2 atom stereocenters. The van der Waals surface area contributed by atoms with E-state index in [4.69, 9.17) is 4.74 Å². The van der Waals surface area contributed by atoms with Gasteiger partial charge in [0, 0.05) is 24.2 Å². The topological polar surface area (TPSA) is 100 Å². The Kier molecular flexibility index (Phi) is 7.21. The molecular weight excluding hydrogens is 518 g/mol. The summed E-state index contributed by atoms with van der Waals surface area (Å²) in [6, 6.07) is 2.44. The van der Waals surface area contributed by atoms with Gasteiger partial charge in [-0.3, -0.25) is 9.59 Å². The van der Waals surface area contributed by atoms with Crippen LogP contribution < -0.4 is 10.1 Å². The maximum atomic E-state index is 14.9. The van der Waals surface area contributed by atoms with Gasteiger partial charge >= 0.3 is 6.18 Å². The number of amides is 2. The molecule has 0 spiro atoms. The first-order chi connectivity index (χ1) is 18.6. The van der Waals surface area contributed by atoms with E-state index >= 15 is 0 Å². The van der Waals surface area contributed by atoms with Gasteiger partial charge in [-0.05, 0) is 50.3 Å². The standard InChI is InChI=1S/C27H29F4N5O3/c1-3-21(37)36-9-8-19(18(28)11-36)35-26(38)22-14(2)34-25-23(32-13-33-24(22)25)17-10-16(27(29,30)31)6-7-20(17)39-12-15-4-5-15/h6-7,10,13,15,18-19,34H,3-5,8-9,11-12H2,1-2H3,(H,35,38)/t18-,19-/m0/s1. The van der Waals surface area contributed by atoms with Crippen molar-refractivity contribution in [3.63, 3.8) is 0 Å². The summed E-state index contributed by atoms with van der Waals surface area (Å²) in [6.45, 7) is 3.96. The lowest BCUT2D eigenvalue weighted by Crippen LogP contribution is -2.53. The first-order valence-electron chi connectivity index (χ1n) is 13.0. The summed E-state index contributed by atoms with van der Waals surface area (Å²) < 4.78 is 61.5. The molecule has 1 saturated heterocycles. The van der Waals surface area contributed by atoms with Crippen molar-refractivity contribution in [1.29, 1.82) is 0 Å². The molecule has 0 unspecified atom stereocenters. The number of piperidine rings is 1. The summed E-state index contributed by atoms with van der Waals surface area (Å²) in [5.74, 6) is -0.0866. The normalized spacial score (nSPS) is 19.8. The highest BCUT2D eigenvalue weighted by Crippen LogP contribution is 2.40. The number of aromatic amines is 1. The molecule has 1 saturated carbocycles. The van der Waals surface area contributed by atoms with Crippen LogP contribution in [0.2, 0.25) is 0 Å². The van der Waals surface area contributed by atoms with Gasteiger partial charge in [-0.1, -0.05) is 6.92 Å². The van der Waals surface area contributed by atoms with Crippen LogP contribution in [0.3, 0.4) is 0 Å². The number of aryl methyl sites for hydroxylation is 1. The lowest BCUT2D eigenvalue weighted by molar-refractivity contribution is -0.137. The molecule has 39 heavy (non-hydrogen) atoms. The lowest BCUT2D eigenvalue weighted by Gasteiger charge is -2.35. The van der Waals surface area contributed by atoms with Crippen molar-refractivity contribution in [3.8, 4) is 17.0 Å². The summed E-state index contributed by atoms with van der Waals surface area (Å²) in [5.41, 5.74) is 0.472.